The smallest absolute Gasteiger partial charge is 0.178 e. The summed E-state index contributed by atoms with van der Waals surface area (Å²) in [5.74, 6) is 1.62. The second-order valence-corrected chi connectivity index (χ2v) is 5.96. The van der Waals surface area contributed by atoms with Crippen molar-refractivity contribution in [1.29, 1.82) is 0 Å². The number of likely N-dealkylation sites (N-methyl/N-ethyl adjacent to an activating group) is 1. The number of fused-ring (bicyclic) bond motifs is 1. The van der Waals surface area contributed by atoms with Crippen LogP contribution in [0.2, 0.25) is 0 Å². The van der Waals surface area contributed by atoms with E-state index in [0.29, 0.717) is 6.54 Å². The molecule has 0 fully saturated rings. The van der Waals surface area contributed by atoms with Gasteiger partial charge < -0.3 is 10.0 Å². The normalized spacial score (nSPS) is 13.8. The molecule has 0 saturated heterocycles. The van der Waals surface area contributed by atoms with Gasteiger partial charge in [0.15, 0.2) is 11.5 Å². The number of anilines is 1. The molecule has 0 spiro atoms. The van der Waals surface area contributed by atoms with Crippen LogP contribution in [0.3, 0.4) is 0 Å². The average Bonchev–Trinajstić information content (AvgIpc) is 2.69. The highest BCUT2D eigenvalue weighted by molar-refractivity contribution is 5.45. The highest BCUT2D eigenvalue weighted by Gasteiger charge is 2.22. The Kier molecular flexibility index (Phi) is 3.45. The zero-order valence-corrected chi connectivity index (χ0v) is 12.1. The molecule has 0 aromatic carbocycles. The molecule has 0 aliphatic heterocycles. The third-order valence-electron chi connectivity index (χ3n) is 2.85. The van der Waals surface area contributed by atoms with Crippen molar-refractivity contribution in [2.24, 2.45) is 0 Å². The highest BCUT2D eigenvalue weighted by Crippen LogP contribution is 2.21. The Labute approximate surface area is 113 Å². The van der Waals surface area contributed by atoms with E-state index in [1.807, 2.05) is 24.1 Å². The Hall–Kier alpha value is -1.69. The Bertz CT molecular complexity index is 570. The average molecular weight is 263 g/mol. The molecule has 2 aromatic rings. The second kappa shape index (κ2) is 4.77. The van der Waals surface area contributed by atoms with Crippen molar-refractivity contribution in [3.05, 3.63) is 18.0 Å². The van der Waals surface area contributed by atoms with Crippen LogP contribution in [0.4, 0.5) is 5.82 Å². The maximum Gasteiger partial charge on any atom is 0.178 e. The van der Waals surface area contributed by atoms with Gasteiger partial charge in [-0.05, 0) is 19.1 Å². The quantitative estimate of drug-likeness (QED) is 0.902. The van der Waals surface area contributed by atoms with E-state index >= 15 is 0 Å². The van der Waals surface area contributed by atoms with Crippen LogP contribution < -0.4 is 4.90 Å². The Balaban J connectivity index is 2.44. The van der Waals surface area contributed by atoms with Gasteiger partial charge in [-0.15, -0.1) is 15.3 Å². The van der Waals surface area contributed by atoms with Crippen LogP contribution in [-0.2, 0) is 5.41 Å². The first-order valence-electron chi connectivity index (χ1n) is 6.41. The molecule has 0 bridgehead atoms. The van der Waals surface area contributed by atoms with E-state index in [1.165, 1.54) is 0 Å². The zero-order valence-electron chi connectivity index (χ0n) is 12.1. The number of aromatic nitrogens is 4. The number of nitrogens with zero attached hydrogens (tertiary/aromatic N) is 5. The van der Waals surface area contributed by atoms with Crippen molar-refractivity contribution < 1.29 is 5.11 Å². The molecule has 19 heavy (non-hydrogen) atoms. The maximum absolute atomic E-state index is 9.44. The highest BCUT2D eigenvalue weighted by atomic mass is 16.3. The van der Waals surface area contributed by atoms with E-state index in [4.69, 9.17) is 0 Å². The van der Waals surface area contributed by atoms with Crippen molar-refractivity contribution in [3.63, 3.8) is 0 Å². The molecule has 1 N–H and O–H groups in total. The van der Waals surface area contributed by atoms with Gasteiger partial charge in [-0.25, -0.2) is 0 Å². The lowest BCUT2D eigenvalue weighted by Crippen LogP contribution is -2.28. The van der Waals surface area contributed by atoms with Gasteiger partial charge in [0.2, 0.25) is 0 Å². The third-order valence-corrected chi connectivity index (χ3v) is 2.85. The molecule has 0 aliphatic rings. The number of hydrogen-bond donors (Lipinski definition) is 1. The van der Waals surface area contributed by atoms with Crippen LogP contribution in [0.1, 0.15) is 33.5 Å². The molecule has 6 nitrogen and oxygen atoms in total. The minimum absolute atomic E-state index is 0.117. The predicted molar refractivity (Wildman–Crippen MR) is 74.4 cm³/mol. The standard InChI is InChI=1S/C13H21N5O/c1-9(19)8-17(5)11-7-6-10-14-15-12(13(2,3)4)18(10)16-11/h6-7,9,19H,8H2,1-5H3. The summed E-state index contributed by atoms with van der Waals surface area (Å²) in [6, 6.07) is 3.78. The van der Waals surface area contributed by atoms with Crippen LogP contribution in [0.25, 0.3) is 5.65 Å². The monoisotopic (exact) mass is 263 g/mol. The molecular weight excluding hydrogens is 242 g/mol. The summed E-state index contributed by atoms with van der Waals surface area (Å²) < 4.78 is 1.77. The fourth-order valence-electron chi connectivity index (χ4n) is 1.94. The van der Waals surface area contributed by atoms with E-state index in [9.17, 15) is 5.11 Å². The molecule has 0 aliphatic carbocycles. The van der Waals surface area contributed by atoms with Gasteiger partial charge in [0.1, 0.15) is 5.82 Å². The Morgan fingerprint density at radius 3 is 2.58 bits per heavy atom. The van der Waals surface area contributed by atoms with Gasteiger partial charge in [0.05, 0.1) is 6.10 Å². The second-order valence-electron chi connectivity index (χ2n) is 5.96. The van der Waals surface area contributed by atoms with Gasteiger partial charge in [-0.3, -0.25) is 0 Å². The Morgan fingerprint density at radius 2 is 2.00 bits per heavy atom. The minimum Gasteiger partial charge on any atom is -0.392 e. The molecule has 6 heteroatoms. The van der Waals surface area contributed by atoms with Crippen LogP contribution in [-0.4, -0.2) is 44.6 Å². The predicted octanol–water partition coefficient (Wildman–Crippen LogP) is 1.24. The topological polar surface area (TPSA) is 66.5 Å². The van der Waals surface area contributed by atoms with E-state index in [2.05, 4.69) is 36.1 Å². The summed E-state index contributed by atoms with van der Waals surface area (Å²) in [6.07, 6.45) is -0.398. The first-order chi connectivity index (χ1) is 8.79. The molecule has 2 rings (SSSR count). The maximum atomic E-state index is 9.44. The summed E-state index contributed by atoms with van der Waals surface area (Å²) >= 11 is 0. The van der Waals surface area contributed by atoms with E-state index in [0.717, 1.165) is 17.3 Å². The fourth-order valence-corrected chi connectivity index (χ4v) is 1.94. The first kappa shape index (κ1) is 13.7. The minimum atomic E-state index is -0.398. The van der Waals surface area contributed by atoms with Crippen molar-refractivity contribution in [3.8, 4) is 0 Å². The van der Waals surface area contributed by atoms with Gasteiger partial charge >= 0.3 is 0 Å². The zero-order chi connectivity index (χ0) is 14.2. The Morgan fingerprint density at radius 1 is 1.32 bits per heavy atom. The van der Waals surface area contributed by atoms with Crippen molar-refractivity contribution in [2.45, 2.75) is 39.2 Å². The van der Waals surface area contributed by atoms with Crippen LogP contribution >= 0.6 is 0 Å². The third kappa shape index (κ3) is 2.84. The van der Waals surface area contributed by atoms with Gasteiger partial charge in [0.25, 0.3) is 0 Å². The summed E-state index contributed by atoms with van der Waals surface area (Å²) in [7, 11) is 1.90. The van der Waals surface area contributed by atoms with Crippen LogP contribution in [0.15, 0.2) is 12.1 Å². The number of aliphatic hydroxyl groups excluding tert-OH is 1. The summed E-state index contributed by atoms with van der Waals surface area (Å²) in [5, 5.41) is 22.3. The molecule has 104 valence electrons. The molecule has 2 heterocycles. The van der Waals surface area contributed by atoms with Gasteiger partial charge in [-0.1, -0.05) is 20.8 Å². The van der Waals surface area contributed by atoms with Crippen molar-refractivity contribution >= 4 is 11.5 Å². The lowest BCUT2D eigenvalue weighted by molar-refractivity contribution is 0.201. The lowest BCUT2D eigenvalue weighted by atomic mass is 9.96. The number of aliphatic hydroxyl groups is 1. The van der Waals surface area contributed by atoms with E-state index < -0.39 is 6.10 Å². The molecule has 1 atom stereocenters. The van der Waals surface area contributed by atoms with Crippen LogP contribution in [0.5, 0.6) is 0 Å². The van der Waals surface area contributed by atoms with Crippen molar-refractivity contribution in [2.75, 3.05) is 18.5 Å². The molecule has 1 unspecified atom stereocenters. The molecule has 0 radical (unpaired) electrons. The fraction of sp³-hybridized carbons (Fsp3) is 0.615. The largest absolute Gasteiger partial charge is 0.392 e. The first-order valence-corrected chi connectivity index (χ1v) is 6.41. The summed E-state index contributed by atoms with van der Waals surface area (Å²) in [5.41, 5.74) is 0.618. The van der Waals surface area contributed by atoms with E-state index in [1.54, 1.807) is 11.4 Å². The molecular formula is C13H21N5O. The van der Waals surface area contributed by atoms with Crippen LogP contribution in [0, 0.1) is 0 Å². The summed E-state index contributed by atoms with van der Waals surface area (Å²) in [4.78, 5) is 1.91. The van der Waals surface area contributed by atoms with Crippen molar-refractivity contribution in [1.82, 2.24) is 19.8 Å². The molecule has 0 saturated carbocycles. The number of hydrogen-bond acceptors (Lipinski definition) is 5. The van der Waals surface area contributed by atoms with E-state index in [-0.39, 0.29) is 5.41 Å². The lowest BCUT2D eigenvalue weighted by Gasteiger charge is -2.20. The van der Waals surface area contributed by atoms with Gasteiger partial charge in [0, 0.05) is 19.0 Å². The van der Waals surface area contributed by atoms with Gasteiger partial charge in [-0.2, -0.15) is 4.52 Å². The number of rotatable bonds is 3. The SMILES string of the molecule is CC(O)CN(C)c1ccc2nnc(C(C)(C)C)n2n1. The molecule has 0 amide bonds. The molecule has 2 aromatic heterocycles. The summed E-state index contributed by atoms with van der Waals surface area (Å²) in [6.45, 7) is 8.53.